The Kier molecular flexibility index (Phi) is 5.09. The van der Waals surface area contributed by atoms with Crippen LogP contribution in [0, 0.1) is 0 Å². The lowest BCUT2D eigenvalue weighted by Crippen LogP contribution is -2.25. The van der Waals surface area contributed by atoms with Gasteiger partial charge in [0, 0.05) is 29.7 Å². The predicted molar refractivity (Wildman–Crippen MR) is 83.1 cm³/mol. The average molecular weight is 291 g/mol. The van der Waals surface area contributed by atoms with Crippen LogP contribution in [0.3, 0.4) is 0 Å². The Morgan fingerprint density at radius 2 is 2.25 bits per heavy atom. The van der Waals surface area contributed by atoms with Gasteiger partial charge in [0.1, 0.15) is 5.75 Å². The standard InChI is InChI=1S/C15H21N3OS/c1-4-14(16)15(11-9-17-18(2)10-11)20-13-7-5-6-12(8-13)19-3/h5-10,14-15H,4,16H2,1-3H3. The van der Waals surface area contributed by atoms with Gasteiger partial charge in [-0.1, -0.05) is 13.0 Å². The maximum atomic E-state index is 6.29. The maximum absolute atomic E-state index is 6.29. The van der Waals surface area contributed by atoms with Crippen molar-refractivity contribution >= 4 is 11.8 Å². The van der Waals surface area contributed by atoms with Gasteiger partial charge in [0.05, 0.1) is 18.6 Å². The summed E-state index contributed by atoms with van der Waals surface area (Å²) in [6, 6.07) is 8.16. The number of ether oxygens (including phenoxy) is 1. The van der Waals surface area contributed by atoms with Crippen LogP contribution in [0.15, 0.2) is 41.6 Å². The number of methoxy groups -OCH3 is 1. The van der Waals surface area contributed by atoms with Gasteiger partial charge in [-0.2, -0.15) is 5.10 Å². The van der Waals surface area contributed by atoms with Crippen LogP contribution >= 0.6 is 11.8 Å². The number of thioether (sulfide) groups is 1. The molecule has 0 spiro atoms. The van der Waals surface area contributed by atoms with Gasteiger partial charge in [-0.25, -0.2) is 0 Å². The smallest absolute Gasteiger partial charge is 0.119 e. The first-order valence-corrected chi connectivity index (χ1v) is 7.56. The monoisotopic (exact) mass is 291 g/mol. The molecule has 0 aliphatic rings. The molecular formula is C15H21N3OS. The van der Waals surface area contributed by atoms with Gasteiger partial charge in [-0.3, -0.25) is 4.68 Å². The van der Waals surface area contributed by atoms with Gasteiger partial charge >= 0.3 is 0 Å². The van der Waals surface area contributed by atoms with Crippen molar-refractivity contribution in [1.29, 1.82) is 0 Å². The minimum Gasteiger partial charge on any atom is -0.497 e. The number of rotatable bonds is 6. The molecule has 1 heterocycles. The molecule has 108 valence electrons. The third-order valence-electron chi connectivity index (χ3n) is 3.22. The van der Waals surface area contributed by atoms with Crippen LogP contribution in [-0.2, 0) is 7.05 Å². The molecule has 0 saturated carbocycles. The molecule has 5 heteroatoms. The average Bonchev–Trinajstić information content (AvgIpc) is 2.90. The second-order valence-electron chi connectivity index (χ2n) is 4.74. The number of hydrogen-bond donors (Lipinski definition) is 1. The summed E-state index contributed by atoms with van der Waals surface area (Å²) >= 11 is 1.76. The highest BCUT2D eigenvalue weighted by atomic mass is 32.2. The molecule has 1 aromatic carbocycles. The van der Waals surface area contributed by atoms with Crippen LogP contribution < -0.4 is 10.5 Å². The highest BCUT2D eigenvalue weighted by molar-refractivity contribution is 7.99. The third kappa shape index (κ3) is 3.55. The fourth-order valence-electron chi connectivity index (χ4n) is 2.02. The van der Waals surface area contributed by atoms with Crippen molar-refractivity contribution in [2.24, 2.45) is 12.8 Å². The minimum absolute atomic E-state index is 0.0930. The van der Waals surface area contributed by atoms with E-state index < -0.39 is 0 Å². The SMILES string of the molecule is CCC(N)C(Sc1cccc(OC)c1)c1cnn(C)c1. The molecule has 0 fully saturated rings. The quantitative estimate of drug-likeness (QED) is 0.831. The van der Waals surface area contributed by atoms with E-state index in [0.29, 0.717) is 0 Å². The molecule has 0 aliphatic heterocycles. The Hall–Kier alpha value is -1.46. The minimum atomic E-state index is 0.0930. The lowest BCUT2D eigenvalue weighted by molar-refractivity contribution is 0.413. The largest absolute Gasteiger partial charge is 0.497 e. The van der Waals surface area contributed by atoms with E-state index in [1.165, 1.54) is 0 Å². The summed E-state index contributed by atoms with van der Waals surface area (Å²) in [6.07, 6.45) is 4.86. The molecule has 2 rings (SSSR count). The second-order valence-corrected chi connectivity index (χ2v) is 5.95. The zero-order valence-corrected chi connectivity index (χ0v) is 12.9. The van der Waals surface area contributed by atoms with Crippen molar-refractivity contribution in [3.8, 4) is 5.75 Å². The Morgan fingerprint density at radius 1 is 1.45 bits per heavy atom. The summed E-state index contributed by atoms with van der Waals surface area (Å²) in [4.78, 5) is 1.15. The lowest BCUT2D eigenvalue weighted by Gasteiger charge is -2.21. The summed E-state index contributed by atoms with van der Waals surface area (Å²) in [5, 5.41) is 4.45. The number of aryl methyl sites for hydroxylation is 1. The van der Waals surface area contributed by atoms with E-state index in [2.05, 4.69) is 18.1 Å². The van der Waals surface area contributed by atoms with Crippen LogP contribution in [-0.4, -0.2) is 22.9 Å². The van der Waals surface area contributed by atoms with E-state index in [4.69, 9.17) is 10.5 Å². The van der Waals surface area contributed by atoms with Gasteiger partial charge in [0.25, 0.3) is 0 Å². The van der Waals surface area contributed by atoms with Crippen molar-refractivity contribution in [2.45, 2.75) is 29.5 Å². The molecular weight excluding hydrogens is 270 g/mol. The molecule has 0 aliphatic carbocycles. The molecule has 0 radical (unpaired) electrons. The molecule has 1 aromatic heterocycles. The van der Waals surface area contributed by atoms with E-state index in [0.717, 1.165) is 22.6 Å². The number of benzene rings is 1. The molecule has 0 bridgehead atoms. The molecule has 4 nitrogen and oxygen atoms in total. The molecule has 2 unspecified atom stereocenters. The van der Waals surface area contributed by atoms with Gasteiger partial charge in [0.15, 0.2) is 0 Å². The molecule has 0 saturated heterocycles. The summed E-state index contributed by atoms with van der Waals surface area (Å²) in [7, 11) is 3.61. The predicted octanol–water partition coefficient (Wildman–Crippen LogP) is 3.00. The first kappa shape index (κ1) is 14.9. The van der Waals surface area contributed by atoms with Crippen molar-refractivity contribution in [3.05, 3.63) is 42.2 Å². The van der Waals surface area contributed by atoms with E-state index >= 15 is 0 Å². The van der Waals surface area contributed by atoms with Crippen LogP contribution in [0.5, 0.6) is 5.75 Å². The van der Waals surface area contributed by atoms with Crippen molar-refractivity contribution in [2.75, 3.05) is 7.11 Å². The highest BCUT2D eigenvalue weighted by Crippen LogP contribution is 2.38. The molecule has 2 aromatic rings. The van der Waals surface area contributed by atoms with Gasteiger partial charge in [-0.05, 0) is 24.6 Å². The van der Waals surface area contributed by atoms with Gasteiger partial charge in [-0.15, -0.1) is 11.8 Å². The van der Waals surface area contributed by atoms with E-state index in [-0.39, 0.29) is 11.3 Å². The number of nitrogens with two attached hydrogens (primary N) is 1. The topological polar surface area (TPSA) is 53.1 Å². The number of aromatic nitrogens is 2. The van der Waals surface area contributed by atoms with E-state index in [9.17, 15) is 0 Å². The van der Waals surface area contributed by atoms with Gasteiger partial charge < -0.3 is 10.5 Å². The Bertz CT molecular complexity index is 556. The Balaban J connectivity index is 2.23. The van der Waals surface area contributed by atoms with E-state index in [1.807, 2.05) is 42.3 Å². The summed E-state index contributed by atoms with van der Waals surface area (Å²) in [6.45, 7) is 2.11. The second kappa shape index (κ2) is 6.81. The zero-order chi connectivity index (χ0) is 14.5. The Labute approximate surface area is 124 Å². The normalized spacial score (nSPS) is 14.0. The van der Waals surface area contributed by atoms with Crippen molar-refractivity contribution in [1.82, 2.24) is 9.78 Å². The number of nitrogens with zero attached hydrogens (tertiary/aromatic N) is 2. The summed E-state index contributed by atoms with van der Waals surface area (Å²) in [5.74, 6) is 0.866. The van der Waals surface area contributed by atoms with Crippen LogP contribution in [0.2, 0.25) is 0 Å². The molecule has 2 atom stereocenters. The Morgan fingerprint density at radius 3 is 2.85 bits per heavy atom. The summed E-state index contributed by atoms with van der Waals surface area (Å²) < 4.78 is 7.09. The lowest BCUT2D eigenvalue weighted by atomic mass is 10.1. The number of hydrogen-bond acceptors (Lipinski definition) is 4. The van der Waals surface area contributed by atoms with Crippen molar-refractivity contribution < 1.29 is 4.74 Å². The van der Waals surface area contributed by atoms with Crippen LogP contribution in [0.25, 0.3) is 0 Å². The third-order valence-corrected chi connectivity index (χ3v) is 4.62. The fraction of sp³-hybridized carbons (Fsp3) is 0.400. The van der Waals surface area contributed by atoms with Crippen LogP contribution in [0.4, 0.5) is 0 Å². The molecule has 2 N–H and O–H groups in total. The first-order chi connectivity index (χ1) is 9.63. The first-order valence-electron chi connectivity index (χ1n) is 6.69. The van der Waals surface area contributed by atoms with E-state index in [1.54, 1.807) is 18.9 Å². The maximum Gasteiger partial charge on any atom is 0.119 e. The molecule has 0 amide bonds. The van der Waals surface area contributed by atoms with Crippen molar-refractivity contribution in [3.63, 3.8) is 0 Å². The zero-order valence-electron chi connectivity index (χ0n) is 12.1. The fourth-order valence-corrected chi connectivity index (χ4v) is 3.28. The summed E-state index contributed by atoms with van der Waals surface area (Å²) in [5.41, 5.74) is 7.45. The van der Waals surface area contributed by atoms with Gasteiger partial charge in [0.2, 0.25) is 0 Å². The van der Waals surface area contributed by atoms with Crippen LogP contribution in [0.1, 0.15) is 24.2 Å². The highest BCUT2D eigenvalue weighted by Gasteiger charge is 2.21. The molecule has 20 heavy (non-hydrogen) atoms.